The second kappa shape index (κ2) is 17.8. The zero-order chi connectivity index (χ0) is 37.4. The highest BCUT2D eigenvalue weighted by atomic mass is 32.9. The monoisotopic (exact) mass is 789 g/mol. The van der Waals surface area contributed by atoms with Gasteiger partial charge in [0.2, 0.25) is 0 Å². The molecule has 3 aromatic carbocycles. The molecule has 17 heteroatoms. The van der Waals surface area contributed by atoms with E-state index in [4.69, 9.17) is 38.3 Å². The Balaban J connectivity index is 1.53. The van der Waals surface area contributed by atoms with Crippen molar-refractivity contribution in [3.8, 4) is 22.7 Å². The van der Waals surface area contributed by atoms with Crippen molar-refractivity contribution in [2.24, 2.45) is 0 Å². The van der Waals surface area contributed by atoms with Crippen LogP contribution in [-0.2, 0) is 48.5 Å². The number of nitrogens with zero attached hydrogens (tertiary/aromatic N) is 3. The van der Waals surface area contributed by atoms with Gasteiger partial charge in [0.15, 0.2) is 4.90 Å². The van der Waals surface area contributed by atoms with Crippen LogP contribution in [0.1, 0.15) is 34.5 Å². The number of benzene rings is 3. The third-order valence-electron chi connectivity index (χ3n) is 8.34. The molecule has 1 aliphatic rings. The van der Waals surface area contributed by atoms with E-state index < -0.39 is 39.4 Å². The fourth-order valence-corrected chi connectivity index (χ4v) is 9.65. The van der Waals surface area contributed by atoms with Crippen LogP contribution < -0.4 is 10.0 Å². The van der Waals surface area contributed by atoms with Crippen LogP contribution in [-0.4, -0.2) is 76.6 Å². The van der Waals surface area contributed by atoms with Gasteiger partial charge in [-0.2, -0.15) is 0 Å². The van der Waals surface area contributed by atoms with E-state index in [1.165, 1.54) is 18.2 Å². The first-order valence-corrected chi connectivity index (χ1v) is 21.7. The summed E-state index contributed by atoms with van der Waals surface area (Å²) in [5.41, 5.74) is 2.06. The highest BCUT2D eigenvalue weighted by Crippen LogP contribution is 2.53. The van der Waals surface area contributed by atoms with Crippen molar-refractivity contribution in [2.75, 3.05) is 45.8 Å². The van der Waals surface area contributed by atoms with Gasteiger partial charge in [0, 0.05) is 29.8 Å². The topological polar surface area (TPSA) is 145 Å². The van der Waals surface area contributed by atoms with E-state index in [1.807, 2.05) is 0 Å². The number of halogens is 1. The SMILES string of the molecule is Cc1c(CC(=O)OCCCCO[N+](=O)[O-])c(C(=O)Oc2ccc(P(=S)(S)N3CCOCC3)cc2)c(-c2ccc([S+](C)[O-])cc2)n1-c1cccc(F)c1. The van der Waals surface area contributed by atoms with E-state index in [-0.39, 0.29) is 37.4 Å². The molecule has 0 bridgehead atoms. The molecular formula is C35H37FN3O9PS3. The van der Waals surface area contributed by atoms with Crippen molar-refractivity contribution < 1.29 is 42.7 Å². The molecule has 52 heavy (non-hydrogen) atoms. The van der Waals surface area contributed by atoms with Crippen molar-refractivity contribution in [1.82, 2.24) is 9.24 Å². The van der Waals surface area contributed by atoms with Crippen molar-refractivity contribution in [3.05, 3.63) is 106 Å². The third kappa shape index (κ3) is 9.61. The number of carbonyl (C=O) groups is 2. The summed E-state index contributed by atoms with van der Waals surface area (Å²) >= 11 is 9.53. The average Bonchev–Trinajstić information content (AvgIpc) is 3.41. The molecule has 1 aliphatic heterocycles. The Labute approximate surface area is 313 Å². The van der Waals surface area contributed by atoms with Crippen molar-refractivity contribution >= 4 is 57.9 Å². The Morgan fingerprint density at radius 3 is 2.37 bits per heavy atom. The van der Waals surface area contributed by atoms with Gasteiger partial charge < -0.3 is 28.2 Å². The van der Waals surface area contributed by atoms with Gasteiger partial charge in [-0.25, -0.2) is 9.18 Å². The summed E-state index contributed by atoms with van der Waals surface area (Å²) in [4.78, 5) is 42.8. The molecule has 1 aromatic heterocycles. The fourth-order valence-electron chi connectivity index (χ4n) is 5.77. The molecule has 0 radical (unpaired) electrons. The van der Waals surface area contributed by atoms with Gasteiger partial charge in [0.1, 0.15) is 17.8 Å². The first kappa shape index (κ1) is 39.4. The normalized spacial score (nSPS) is 15.0. The van der Waals surface area contributed by atoms with E-state index in [0.29, 0.717) is 65.8 Å². The number of aromatic nitrogens is 1. The molecule has 2 heterocycles. The molecular weight excluding hydrogens is 753 g/mol. The fraction of sp³-hybridized carbons (Fsp3) is 0.314. The van der Waals surface area contributed by atoms with Gasteiger partial charge in [-0.05, 0) is 109 Å². The zero-order valence-corrected chi connectivity index (χ0v) is 31.8. The summed E-state index contributed by atoms with van der Waals surface area (Å²) in [6.45, 7) is 4.01. The number of unbranched alkanes of at least 4 members (excludes halogenated alkanes) is 1. The number of hydrogen-bond acceptors (Lipinski definition) is 10. The lowest BCUT2D eigenvalue weighted by molar-refractivity contribution is -0.757. The van der Waals surface area contributed by atoms with Crippen molar-refractivity contribution in [2.45, 2.75) is 31.1 Å². The second-order valence-electron chi connectivity index (χ2n) is 11.7. The van der Waals surface area contributed by atoms with Gasteiger partial charge in [-0.1, -0.05) is 17.9 Å². The molecule has 0 N–H and O–H groups in total. The summed E-state index contributed by atoms with van der Waals surface area (Å²) in [6.07, 6.45) is 1.82. The Kier molecular flexibility index (Phi) is 13.5. The minimum absolute atomic E-state index is 0.0270. The standard InChI is InChI=1S/C35H37FN3O9PS3/c1-24-31(23-32(40)46-18-3-4-19-47-39(42)43)33(35(41)48-28-10-12-29(13-11-28)49(50,51)37-16-20-45-21-17-37)34(25-8-14-30(15-9-25)52(2)44)38(24)27-7-5-6-26(36)22-27/h5-15,22H,3-4,16-21,23H2,1-2H3,(H,50,51). The summed E-state index contributed by atoms with van der Waals surface area (Å²) in [5.74, 6) is -1.72. The van der Waals surface area contributed by atoms with Crippen LogP contribution in [0.3, 0.4) is 0 Å². The highest BCUT2D eigenvalue weighted by molar-refractivity contribution is 8.65. The first-order chi connectivity index (χ1) is 24.9. The minimum Gasteiger partial charge on any atom is -0.612 e. The molecule has 0 saturated carbocycles. The van der Waals surface area contributed by atoms with Crippen LogP contribution >= 0.6 is 17.6 Å². The number of carbonyl (C=O) groups excluding carboxylic acids is 2. The summed E-state index contributed by atoms with van der Waals surface area (Å²) in [7, 11) is 0. The number of thiol groups is 1. The number of rotatable bonds is 15. The molecule has 1 saturated heterocycles. The maximum absolute atomic E-state index is 14.7. The molecule has 5 rings (SSSR count). The molecule has 2 atom stereocenters. The van der Waals surface area contributed by atoms with Crippen molar-refractivity contribution in [3.63, 3.8) is 0 Å². The summed E-state index contributed by atoms with van der Waals surface area (Å²) in [6, 6.07) is 19.4. The van der Waals surface area contributed by atoms with Gasteiger partial charge in [0.05, 0.1) is 49.5 Å². The Morgan fingerprint density at radius 2 is 1.73 bits per heavy atom. The minimum atomic E-state index is -2.38. The number of ether oxygens (including phenoxy) is 3. The number of hydrogen-bond donors (Lipinski definition) is 1. The molecule has 276 valence electrons. The van der Waals surface area contributed by atoms with Gasteiger partial charge >= 0.3 is 11.9 Å². The lowest BCUT2D eigenvalue weighted by atomic mass is 10.0. The lowest BCUT2D eigenvalue weighted by Crippen LogP contribution is -2.35. The third-order valence-corrected chi connectivity index (χ3v) is 14.2. The van der Waals surface area contributed by atoms with Crippen LogP contribution in [0.4, 0.5) is 4.39 Å². The lowest BCUT2D eigenvalue weighted by Gasteiger charge is -2.34. The zero-order valence-electron chi connectivity index (χ0n) is 28.4. The highest BCUT2D eigenvalue weighted by Gasteiger charge is 2.31. The van der Waals surface area contributed by atoms with Gasteiger partial charge in [-0.3, -0.25) is 9.46 Å². The van der Waals surface area contributed by atoms with E-state index in [1.54, 1.807) is 72.3 Å². The van der Waals surface area contributed by atoms with Crippen LogP contribution in [0.5, 0.6) is 5.75 Å². The second-order valence-corrected chi connectivity index (χ2v) is 19.4. The number of morpholine rings is 1. The molecule has 4 aromatic rings. The summed E-state index contributed by atoms with van der Waals surface area (Å²) in [5, 5.41) is 7.96. The molecule has 1 fully saturated rings. The van der Waals surface area contributed by atoms with E-state index in [9.17, 15) is 28.6 Å². The van der Waals surface area contributed by atoms with Crippen molar-refractivity contribution in [1.29, 1.82) is 0 Å². The van der Waals surface area contributed by atoms with E-state index in [2.05, 4.69) is 9.51 Å². The smallest absolute Gasteiger partial charge is 0.346 e. The first-order valence-electron chi connectivity index (χ1n) is 16.2. The Hall–Kier alpha value is -3.76. The van der Waals surface area contributed by atoms with Crippen LogP contribution in [0.2, 0.25) is 0 Å². The molecule has 2 unspecified atom stereocenters. The largest absolute Gasteiger partial charge is 0.612 e. The van der Waals surface area contributed by atoms with E-state index in [0.717, 1.165) is 5.30 Å². The Morgan fingerprint density at radius 1 is 1.06 bits per heavy atom. The summed E-state index contributed by atoms with van der Waals surface area (Å²) < 4.78 is 47.5. The molecule has 12 nitrogen and oxygen atoms in total. The van der Waals surface area contributed by atoms with Crippen LogP contribution in [0, 0.1) is 22.9 Å². The quantitative estimate of drug-likeness (QED) is 0.0227. The maximum atomic E-state index is 14.7. The van der Waals surface area contributed by atoms with Gasteiger partial charge in [0.25, 0.3) is 5.09 Å². The molecule has 0 amide bonds. The maximum Gasteiger partial charge on any atom is 0.346 e. The molecule has 0 spiro atoms. The molecule has 0 aliphatic carbocycles. The predicted molar refractivity (Wildman–Crippen MR) is 202 cm³/mol. The predicted octanol–water partition coefficient (Wildman–Crippen LogP) is 5.82. The average molecular weight is 790 g/mol. The number of esters is 2. The van der Waals surface area contributed by atoms with E-state index >= 15 is 0 Å². The van der Waals surface area contributed by atoms with Gasteiger partial charge in [-0.15, -0.1) is 22.4 Å². The van der Waals surface area contributed by atoms with Crippen LogP contribution in [0.25, 0.3) is 16.9 Å². The Bertz CT molecular complexity index is 1950. The van der Waals surface area contributed by atoms with Crippen LogP contribution in [0.15, 0.2) is 77.7 Å².